The van der Waals surface area contributed by atoms with Crippen LogP contribution in [0.15, 0.2) is 0 Å². The highest BCUT2D eigenvalue weighted by molar-refractivity contribution is 4.95. The van der Waals surface area contributed by atoms with Gasteiger partial charge >= 0.3 is 0 Å². The van der Waals surface area contributed by atoms with E-state index in [1.54, 1.807) is 0 Å². The van der Waals surface area contributed by atoms with E-state index in [0.717, 1.165) is 0 Å². The highest BCUT2D eigenvalue weighted by Crippen LogP contribution is 2.31. The van der Waals surface area contributed by atoms with E-state index in [1.807, 2.05) is 0 Å². The van der Waals surface area contributed by atoms with E-state index < -0.39 is 225 Å². The molecule has 6 saturated heterocycles. The number of ether oxygens (including phenoxy) is 8. The summed E-state index contributed by atoms with van der Waals surface area (Å²) in [6.07, 6.45) is -60.6. The minimum atomic E-state index is -2.59. The molecule has 0 radical (unpaired) electrons. The zero-order chi connectivity index (χ0) is 49.7. The maximum atomic E-state index is 11.0. The first-order valence-electron chi connectivity index (χ1n) is 20.9. The molecular weight excluding hydrogens is 912 g/mol. The molecule has 6 aliphatic rings. The van der Waals surface area contributed by atoms with E-state index in [9.17, 15) is 112 Å². The molecule has 26 unspecified atom stereocenters. The summed E-state index contributed by atoms with van der Waals surface area (Å²) < 4.78 is 42.8. The minimum absolute atomic E-state index is 0.622. The van der Waals surface area contributed by atoms with Gasteiger partial charge in [0.15, 0.2) is 37.7 Å². The molecule has 6 rings (SSSR count). The molecule has 0 aromatic heterocycles. The zero-order valence-corrected chi connectivity index (χ0v) is 35.2. The first kappa shape index (κ1) is 59.1. The van der Waals surface area contributed by atoms with Crippen molar-refractivity contribution in [3.63, 3.8) is 0 Å². The topological polar surface area (TPSA) is 519 Å². The maximum absolute atomic E-state index is 11.0. The van der Waals surface area contributed by atoms with Gasteiger partial charge in [-0.1, -0.05) is 0 Å². The molecule has 6 aliphatic heterocycles. The van der Waals surface area contributed by atoms with Gasteiger partial charge in [0.25, 0.3) is 0 Å². The van der Waals surface area contributed by atoms with E-state index in [4.69, 9.17) is 37.9 Å². The highest BCUT2D eigenvalue weighted by atomic mass is 16.7. The van der Waals surface area contributed by atoms with Crippen molar-refractivity contribution in [1.29, 1.82) is 0 Å². The van der Waals surface area contributed by atoms with Gasteiger partial charge in [0, 0.05) is 26.4 Å². The van der Waals surface area contributed by atoms with Crippen LogP contribution >= 0.6 is 0 Å². The molecule has 22 N–H and O–H groups in total. The lowest BCUT2D eigenvalue weighted by molar-refractivity contribution is -0.351. The molecule has 0 aliphatic carbocycles. The van der Waals surface area contributed by atoms with Crippen molar-refractivity contribution in [1.82, 2.24) is 0 Å². The highest BCUT2D eigenvalue weighted by Gasteiger charge is 2.52. The Kier molecular flexibility index (Phi) is 25.1. The summed E-state index contributed by atoms with van der Waals surface area (Å²) in [6.45, 7) is -5.54. The first-order valence-corrected chi connectivity index (χ1v) is 20.9. The number of aliphatic hydroxyl groups is 22. The molecule has 26 atom stereocenters. The van der Waals surface area contributed by atoms with Crippen LogP contribution in [0.3, 0.4) is 0 Å². The lowest BCUT2D eigenvalue weighted by Crippen LogP contribution is -2.63. The number of hydrogen-bond acceptors (Lipinski definition) is 30. The van der Waals surface area contributed by atoms with Crippen molar-refractivity contribution in [3.8, 4) is 0 Å². The predicted octanol–water partition coefficient (Wildman–Crippen LogP) is -13.1. The van der Waals surface area contributed by atoms with Crippen LogP contribution in [0.5, 0.6) is 0 Å². The van der Waals surface area contributed by atoms with Gasteiger partial charge < -0.3 is 150 Å². The third-order valence-electron chi connectivity index (χ3n) is 11.2. The Morgan fingerprint density at radius 3 is 0.697 bits per heavy atom. The molecule has 6 fully saturated rings. The van der Waals surface area contributed by atoms with Crippen LogP contribution in [0.25, 0.3) is 0 Å². The number of hydrogen-bond donors (Lipinski definition) is 22. The standard InChI is InChI=1S/C36H68O30/c37-5-1-11-17(43)25(51)33(57)65-29-15(9-41)63-36(27(53)21(29)47)62-14(4-8-40)20(46)24(50)32(56)60-12(2-6-38)18(44)26(52)34(58)66-30-16(10-42)64-35(28(54)22(30)48)61-13(3-7-39)19(45)23(49)31(55)59-11/h11-58H,1-10H2. The van der Waals surface area contributed by atoms with Crippen molar-refractivity contribution in [2.24, 2.45) is 0 Å². The predicted molar refractivity (Wildman–Crippen MR) is 204 cm³/mol. The van der Waals surface area contributed by atoms with Crippen LogP contribution in [0.4, 0.5) is 0 Å². The number of rotatable bonds is 10. The normalized spacial score (nSPS) is 48.3. The van der Waals surface area contributed by atoms with Gasteiger partial charge in [-0.2, -0.15) is 0 Å². The van der Waals surface area contributed by atoms with Crippen molar-refractivity contribution in [2.75, 3.05) is 39.6 Å². The molecule has 0 spiro atoms. The van der Waals surface area contributed by atoms with E-state index in [-0.39, 0.29) is 0 Å². The second kappa shape index (κ2) is 28.0. The summed E-state index contributed by atoms with van der Waals surface area (Å²) in [4.78, 5) is 0. The van der Waals surface area contributed by atoms with E-state index in [1.165, 1.54) is 0 Å². The lowest BCUT2D eigenvalue weighted by atomic mass is 9.97. The average molecular weight is 981 g/mol. The van der Waals surface area contributed by atoms with Crippen LogP contribution in [-0.4, -0.2) is 312 Å². The Balaban J connectivity index is 2.04. The van der Waals surface area contributed by atoms with Crippen LogP contribution in [-0.2, 0) is 37.9 Å². The fraction of sp³-hybridized carbons (Fsp3) is 1.00. The largest absolute Gasteiger partial charge is 0.396 e. The molecule has 4 bridgehead atoms. The van der Waals surface area contributed by atoms with Gasteiger partial charge in [-0.25, -0.2) is 0 Å². The molecule has 30 nitrogen and oxygen atoms in total. The molecule has 30 heteroatoms. The molecular formula is C36H68O30. The third kappa shape index (κ3) is 14.9. The summed E-state index contributed by atoms with van der Waals surface area (Å²) >= 11 is 0. The van der Waals surface area contributed by atoms with E-state index in [2.05, 4.69) is 0 Å². The molecule has 392 valence electrons. The summed E-state index contributed by atoms with van der Waals surface area (Å²) in [6, 6.07) is 0. The smallest absolute Gasteiger partial charge is 0.187 e. The summed E-state index contributed by atoms with van der Waals surface area (Å²) in [5, 5.41) is 233. The monoisotopic (exact) mass is 980 g/mol. The fourth-order valence-electron chi connectivity index (χ4n) is 7.35. The van der Waals surface area contributed by atoms with Gasteiger partial charge in [-0.3, -0.25) is 0 Å². The zero-order valence-electron chi connectivity index (χ0n) is 35.2. The van der Waals surface area contributed by atoms with E-state index >= 15 is 0 Å². The minimum Gasteiger partial charge on any atom is -0.396 e. The fourth-order valence-corrected chi connectivity index (χ4v) is 7.35. The quantitative estimate of drug-likeness (QED) is 0.0966. The van der Waals surface area contributed by atoms with Gasteiger partial charge in [0.05, 0.1) is 37.6 Å². The molecule has 0 aromatic rings. The second-order valence-corrected chi connectivity index (χ2v) is 15.8. The van der Waals surface area contributed by atoms with Gasteiger partial charge in [-0.05, 0) is 25.7 Å². The SMILES string of the molecule is OCCC1OC(O)C(O)C(O)C(CCO)OC2OC(CO)C(OC(O)C(O)C(O)C(CCO)OC(O)C(O)C(O)C(CCO)OC3OC(CO)C(OC(O)C(O)C1O)C(O)C3O)C(O)C2O. The first-order chi connectivity index (χ1) is 31.1. The summed E-state index contributed by atoms with van der Waals surface area (Å²) in [7, 11) is 0. The van der Waals surface area contributed by atoms with Crippen LogP contribution in [0.1, 0.15) is 25.7 Å². The van der Waals surface area contributed by atoms with Crippen LogP contribution < -0.4 is 0 Å². The van der Waals surface area contributed by atoms with E-state index in [0.29, 0.717) is 0 Å². The van der Waals surface area contributed by atoms with Crippen molar-refractivity contribution >= 4 is 0 Å². The second-order valence-electron chi connectivity index (χ2n) is 15.8. The number of aliphatic hydroxyl groups excluding tert-OH is 22. The summed E-state index contributed by atoms with van der Waals surface area (Å²) in [5.41, 5.74) is 0. The van der Waals surface area contributed by atoms with Gasteiger partial charge in [0.1, 0.15) is 97.7 Å². The van der Waals surface area contributed by atoms with Crippen LogP contribution in [0, 0.1) is 0 Å². The lowest BCUT2D eigenvalue weighted by Gasteiger charge is -2.44. The molecule has 66 heavy (non-hydrogen) atoms. The Morgan fingerprint density at radius 1 is 0.227 bits per heavy atom. The Labute approximate surface area is 375 Å². The molecule has 6 heterocycles. The Bertz CT molecular complexity index is 1230. The van der Waals surface area contributed by atoms with Crippen molar-refractivity contribution < 1.29 is 150 Å². The maximum Gasteiger partial charge on any atom is 0.187 e. The third-order valence-corrected chi connectivity index (χ3v) is 11.2. The molecule has 0 saturated carbocycles. The van der Waals surface area contributed by atoms with Crippen molar-refractivity contribution in [3.05, 3.63) is 0 Å². The average Bonchev–Trinajstić information content (AvgIpc) is 3.30. The summed E-state index contributed by atoms with van der Waals surface area (Å²) in [5.74, 6) is 0. The Morgan fingerprint density at radius 2 is 0.455 bits per heavy atom. The molecule has 0 amide bonds. The van der Waals surface area contributed by atoms with Crippen molar-refractivity contribution in [2.45, 2.75) is 186 Å². The van der Waals surface area contributed by atoms with Gasteiger partial charge in [0.2, 0.25) is 0 Å². The Hall–Kier alpha value is -1.20. The molecule has 0 aromatic carbocycles. The van der Waals surface area contributed by atoms with Gasteiger partial charge in [-0.15, -0.1) is 0 Å². The van der Waals surface area contributed by atoms with Crippen LogP contribution in [0.2, 0.25) is 0 Å².